The molecule has 9 heteroatoms. The summed E-state index contributed by atoms with van der Waals surface area (Å²) >= 11 is 0. The molecule has 0 saturated carbocycles. The highest BCUT2D eigenvalue weighted by atomic mass is 16.6. The van der Waals surface area contributed by atoms with Gasteiger partial charge < -0.3 is 14.8 Å². The standard InChI is InChI=1S/C18H15N3O6/c1-26-16-7-6-14(21(24)25)10-15(16)18(23)27-11-17(22)20-13-4-2-12(3-5-13)8-9-19/h2-7,10H,8,11H2,1H3,(H,20,22). The van der Waals surface area contributed by atoms with Crippen molar-refractivity contribution in [2.45, 2.75) is 6.42 Å². The first kappa shape index (κ1) is 19.4. The molecule has 1 amide bonds. The van der Waals surface area contributed by atoms with Crippen molar-refractivity contribution >= 4 is 23.3 Å². The van der Waals surface area contributed by atoms with Crippen molar-refractivity contribution in [2.24, 2.45) is 0 Å². The highest BCUT2D eigenvalue weighted by Gasteiger charge is 2.19. The minimum Gasteiger partial charge on any atom is -0.496 e. The number of methoxy groups -OCH3 is 1. The first-order valence-electron chi connectivity index (χ1n) is 7.70. The molecule has 0 saturated heterocycles. The number of rotatable bonds is 7. The van der Waals surface area contributed by atoms with Crippen LogP contribution in [-0.4, -0.2) is 30.5 Å². The quantitative estimate of drug-likeness (QED) is 0.450. The van der Waals surface area contributed by atoms with Crippen LogP contribution in [0.3, 0.4) is 0 Å². The Kier molecular flexibility index (Phi) is 6.44. The minimum absolute atomic E-state index is 0.0964. The lowest BCUT2D eigenvalue weighted by Crippen LogP contribution is -2.21. The third-order valence-corrected chi connectivity index (χ3v) is 3.47. The van der Waals surface area contributed by atoms with Crippen LogP contribution in [0.15, 0.2) is 42.5 Å². The summed E-state index contributed by atoms with van der Waals surface area (Å²) in [5, 5.41) is 22.0. The molecule has 2 aromatic rings. The fourth-order valence-electron chi connectivity index (χ4n) is 2.17. The summed E-state index contributed by atoms with van der Waals surface area (Å²) in [6.45, 7) is -0.579. The van der Waals surface area contributed by atoms with Crippen LogP contribution in [-0.2, 0) is 16.0 Å². The average Bonchev–Trinajstić information content (AvgIpc) is 2.67. The van der Waals surface area contributed by atoms with Gasteiger partial charge >= 0.3 is 5.97 Å². The predicted molar refractivity (Wildman–Crippen MR) is 94.3 cm³/mol. The van der Waals surface area contributed by atoms with Crippen LogP contribution < -0.4 is 10.1 Å². The molecule has 0 unspecified atom stereocenters. The Morgan fingerprint density at radius 3 is 2.52 bits per heavy atom. The summed E-state index contributed by atoms with van der Waals surface area (Å²) in [5.74, 6) is -1.41. The van der Waals surface area contributed by atoms with Gasteiger partial charge in [-0.15, -0.1) is 0 Å². The molecule has 0 aromatic heterocycles. The molecule has 0 spiro atoms. The van der Waals surface area contributed by atoms with E-state index in [4.69, 9.17) is 14.7 Å². The van der Waals surface area contributed by atoms with Gasteiger partial charge in [-0.1, -0.05) is 12.1 Å². The summed E-state index contributed by atoms with van der Waals surface area (Å²) in [5.41, 5.74) is 0.829. The van der Waals surface area contributed by atoms with Gasteiger partial charge in [0, 0.05) is 17.8 Å². The second-order valence-electron chi connectivity index (χ2n) is 5.30. The van der Waals surface area contributed by atoms with Gasteiger partial charge in [-0.2, -0.15) is 5.26 Å². The number of nitro benzene ring substituents is 1. The molecular weight excluding hydrogens is 354 g/mol. The zero-order valence-electron chi connectivity index (χ0n) is 14.3. The maximum atomic E-state index is 12.1. The van der Waals surface area contributed by atoms with Crippen LogP contribution in [0.4, 0.5) is 11.4 Å². The maximum absolute atomic E-state index is 12.1. The Morgan fingerprint density at radius 1 is 1.22 bits per heavy atom. The van der Waals surface area contributed by atoms with Gasteiger partial charge in [0.1, 0.15) is 11.3 Å². The molecule has 2 rings (SSSR count). The zero-order valence-corrected chi connectivity index (χ0v) is 14.3. The smallest absolute Gasteiger partial charge is 0.342 e. The van der Waals surface area contributed by atoms with Crippen LogP contribution in [0.2, 0.25) is 0 Å². The van der Waals surface area contributed by atoms with Crippen LogP contribution in [0.25, 0.3) is 0 Å². The molecule has 0 aliphatic heterocycles. The molecule has 0 aliphatic carbocycles. The number of esters is 1. The van der Waals surface area contributed by atoms with Crippen molar-refractivity contribution in [1.29, 1.82) is 5.26 Å². The number of anilines is 1. The third kappa shape index (κ3) is 5.27. The number of nitro groups is 1. The highest BCUT2D eigenvalue weighted by Crippen LogP contribution is 2.24. The average molecular weight is 369 g/mol. The van der Waals surface area contributed by atoms with Gasteiger partial charge in [0.15, 0.2) is 6.61 Å². The Morgan fingerprint density at radius 2 is 1.93 bits per heavy atom. The molecule has 0 fully saturated rings. The highest BCUT2D eigenvalue weighted by molar-refractivity contribution is 5.97. The topological polar surface area (TPSA) is 132 Å². The van der Waals surface area contributed by atoms with E-state index in [2.05, 4.69) is 5.32 Å². The van der Waals surface area contributed by atoms with Crippen molar-refractivity contribution in [1.82, 2.24) is 0 Å². The zero-order chi connectivity index (χ0) is 19.8. The molecule has 1 N–H and O–H groups in total. The van der Waals surface area contributed by atoms with E-state index >= 15 is 0 Å². The summed E-state index contributed by atoms with van der Waals surface area (Å²) in [7, 11) is 1.31. The lowest BCUT2D eigenvalue weighted by molar-refractivity contribution is -0.384. The van der Waals surface area contributed by atoms with E-state index in [1.54, 1.807) is 24.3 Å². The number of amides is 1. The van der Waals surface area contributed by atoms with E-state index in [9.17, 15) is 19.7 Å². The lowest BCUT2D eigenvalue weighted by Gasteiger charge is -2.09. The van der Waals surface area contributed by atoms with Crippen LogP contribution >= 0.6 is 0 Å². The van der Waals surface area contributed by atoms with Crippen LogP contribution in [0, 0.1) is 21.4 Å². The second kappa shape index (κ2) is 8.96. The normalized spacial score (nSPS) is 9.78. The number of hydrogen-bond donors (Lipinski definition) is 1. The number of non-ortho nitro benzene ring substituents is 1. The fraction of sp³-hybridized carbons (Fsp3) is 0.167. The molecular formula is C18H15N3O6. The summed E-state index contributed by atoms with van der Waals surface area (Å²) in [6.07, 6.45) is 0.261. The molecule has 0 aliphatic rings. The van der Waals surface area contributed by atoms with Crippen LogP contribution in [0.5, 0.6) is 5.75 Å². The van der Waals surface area contributed by atoms with Crippen molar-refractivity contribution in [3.63, 3.8) is 0 Å². The van der Waals surface area contributed by atoms with E-state index in [-0.39, 0.29) is 23.4 Å². The number of ether oxygens (including phenoxy) is 2. The molecule has 138 valence electrons. The van der Waals surface area contributed by atoms with E-state index in [1.807, 2.05) is 6.07 Å². The van der Waals surface area contributed by atoms with Gasteiger partial charge in [0.2, 0.25) is 0 Å². The van der Waals surface area contributed by atoms with Crippen molar-refractivity contribution in [3.05, 3.63) is 63.7 Å². The maximum Gasteiger partial charge on any atom is 0.342 e. The Bertz CT molecular complexity index is 902. The fourth-order valence-corrected chi connectivity index (χ4v) is 2.17. The molecule has 0 radical (unpaired) electrons. The third-order valence-electron chi connectivity index (χ3n) is 3.47. The van der Waals surface area contributed by atoms with Gasteiger partial charge in [-0.05, 0) is 23.8 Å². The second-order valence-corrected chi connectivity index (χ2v) is 5.30. The molecule has 0 atom stereocenters. The number of carbonyl (C=O) groups is 2. The summed E-state index contributed by atoms with van der Waals surface area (Å²) in [6, 6.07) is 12.1. The number of benzene rings is 2. The van der Waals surface area contributed by atoms with Gasteiger partial charge in [-0.25, -0.2) is 4.79 Å². The Hall–Kier alpha value is -3.93. The number of nitriles is 1. The minimum atomic E-state index is -0.921. The molecule has 0 bridgehead atoms. The van der Waals surface area contributed by atoms with Crippen molar-refractivity contribution < 1.29 is 24.0 Å². The van der Waals surface area contributed by atoms with Gasteiger partial charge in [0.25, 0.3) is 11.6 Å². The molecule has 9 nitrogen and oxygen atoms in total. The Balaban J connectivity index is 1.98. The van der Waals surface area contributed by atoms with Crippen molar-refractivity contribution in [2.75, 3.05) is 19.0 Å². The van der Waals surface area contributed by atoms with Gasteiger partial charge in [-0.3, -0.25) is 14.9 Å². The lowest BCUT2D eigenvalue weighted by atomic mass is 10.1. The first-order valence-corrected chi connectivity index (χ1v) is 7.70. The molecule has 2 aromatic carbocycles. The monoisotopic (exact) mass is 369 g/mol. The van der Waals surface area contributed by atoms with Crippen LogP contribution in [0.1, 0.15) is 15.9 Å². The summed E-state index contributed by atoms with van der Waals surface area (Å²) < 4.78 is 9.89. The number of nitrogens with zero attached hydrogens (tertiary/aromatic N) is 2. The Labute approximate surface area is 154 Å². The van der Waals surface area contributed by atoms with E-state index in [1.165, 1.54) is 19.2 Å². The largest absolute Gasteiger partial charge is 0.496 e. The summed E-state index contributed by atoms with van der Waals surface area (Å²) in [4.78, 5) is 34.2. The van der Waals surface area contributed by atoms with E-state index in [0.29, 0.717) is 5.69 Å². The first-order chi connectivity index (χ1) is 12.9. The van der Waals surface area contributed by atoms with E-state index < -0.39 is 23.4 Å². The predicted octanol–water partition coefficient (Wildman–Crippen LogP) is 2.46. The van der Waals surface area contributed by atoms with E-state index in [0.717, 1.165) is 11.6 Å². The van der Waals surface area contributed by atoms with Crippen molar-refractivity contribution in [3.8, 4) is 11.8 Å². The molecule has 0 heterocycles. The number of carbonyl (C=O) groups excluding carboxylic acids is 2. The number of hydrogen-bond acceptors (Lipinski definition) is 7. The van der Waals surface area contributed by atoms with Gasteiger partial charge in [0.05, 0.1) is 24.5 Å². The molecule has 27 heavy (non-hydrogen) atoms. The number of nitrogens with one attached hydrogen (secondary N) is 1. The SMILES string of the molecule is COc1ccc([N+](=O)[O-])cc1C(=O)OCC(=O)Nc1ccc(CC#N)cc1.